The SMILES string of the molecule is CC(Br)CN(C)C(=O)c1ccc([N+](=O)[O-])cc1. The number of nitro groups is 1. The van der Waals surface area contributed by atoms with E-state index in [0.717, 1.165) is 0 Å². The predicted molar refractivity (Wildman–Crippen MR) is 68.4 cm³/mol. The highest BCUT2D eigenvalue weighted by Gasteiger charge is 2.14. The van der Waals surface area contributed by atoms with Crippen LogP contribution in [0.1, 0.15) is 17.3 Å². The average molecular weight is 301 g/mol. The average Bonchev–Trinajstić information content (AvgIpc) is 2.27. The lowest BCUT2D eigenvalue weighted by atomic mass is 10.2. The van der Waals surface area contributed by atoms with Crippen LogP contribution in [0.5, 0.6) is 0 Å². The van der Waals surface area contributed by atoms with Crippen molar-refractivity contribution in [2.45, 2.75) is 11.8 Å². The first-order chi connectivity index (χ1) is 7.91. The van der Waals surface area contributed by atoms with Crippen LogP contribution in [0.15, 0.2) is 24.3 Å². The van der Waals surface area contributed by atoms with Gasteiger partial charge in [0.05, 0.1) is 4.92 Å². The molecule has 1 aromatic carbocycles. The molecule has 0 aliphatic heterocycles. The molecule has 0 aliphatic carbocycles. The van der Waals surface area contributed by atoms with Crippen LogP contribution in [0.3, 0.4) is 0 Å². The van der Waals surface area contributed by atoms with Gasteiger partial charge in [-0.1, -0.05) is 22.9 Å². The van der Waals surface area contributed by atoms with Gasteiger partial charge < -0.3 is 4.90 Å². The molecular weight excluding hydrogens is 288 g/mol. The van der Waals surface area contributed by atoms with Crippen molar-refractivity contribution < 1.29 is 9.72 Å². The van der Waals surface area contributed by atoms with Gasteiger partial charge in [-0.05, 0) is 12.1 Å². The minimum Gasteiger partial charge on any atom is -0.341 e. The lowest BCUT2D eigenvalue weighted by Crippen LogP contribution is -2.31. The largest absolute Gasteiger partial charge is 0.341 e. The summed E-state index contributed by atoms with van der Waals surface area (Å²) in [4.78, 5) is 23.6. The number of hydrogen-bond donors (Lipinski definition) is 0. The van der Waals surface area contributed by atoms with Gasteiger partial charge in [0.1, 0.15) is 0 Å². The van der Waals surface area contributed by atoms with E-state index in [1.165, 1.54) is 24.3 Å². The Kier molecular flexibility index (Phi) is 4.62. The molecule has 0 saturated carbocycles. The number of rotatable bonds is 4. The fourth-order valence-electron chi connectivity index (χ4n) is 1.41. The first-order valence-electron chi connectivity index (χ1n) is 5.06. The molecule has 0 spiro atoms. The molecule has 0 N–H and O–H groups in total. The maximum absolute atomic E-state index is 11.9. The highest BCUT2D eigenvalue weighted by atomic mass is 79.9. The second-order valence-corrected chi connectivity index (χ2v) is 5.33. The molecule has 6 heteroatoms. The molecule has 1 unspecified atom stereocenters. The Hall–Kier alpha value is -1.43. The number of amides is 1. The molecule has 0 fully saturated rings. The van der Waals surface area contributed by atoms with E-state index >= 15 is 0 Å². The van der Waals surface area contributed by atoms with E-state index < -0.39 is 4.92 Å². The Morgan fingerprint density at radius 3 is 2.41 bits per heavy atom. The summed E-state index contributed by atoms with van der Waals surface area (Å²) in [5, 5.41) is 10.5. The van der Waals surface area contributed by atoms with E-state index in [4.69, 9.17) is 0 Å². The number of carbonyl (C=O) groups is 1. The molecule has 1 atom stereocenters. The third-order valence-corrected chi connectivity index (χ3v) is 2.49. The monoisotopic (exact) mass is 300 g/mol. The Morgan fingerprint density at radius 2 is 2.00 bits per heavy atom. The minimum atomic E-state index is -0.488. The van der Waals surface area contributed by atoms with E-state index in [-0.39, 0.29) is 16.4 Å². The Bertz CT molecular complexity index is 417. The number of nitrogens with zero attached hydrogens (tertiary/aromatic N) is 2. The number of non-ortho nitro benzene ring substituents is 1. The fourth-order valence-corrected chi connectivity index (χ4v) is 1.84. The summed E-state index contributed by atoms with van der Waals surface area (Å²) in [6, 6.07) is 5.60. The van der Waals surface area contributed by atoms with Crippen LogP contribution in [0.4, 0.5) is 5.69 Å². The molecule has 0 radical (unpaired) electrons. The van der Waals surface area contributed by atoms with Crippen molar-refractivity contribution in [1.82, 2.24) is 4.90 Å². The zero-order chi connectivity index (χ0) is 13.0. The Balaban J connectivity index is 2.79. The van der Waals surface area contributed by atoms with Crippen molar-refractivity contribution in [3.05, 3.63) is 39.9 Å². The smallest absolute Gasteiger partial charge is 0.269 e. The third-order valence-electron chi connectivity index (χ3n) is 2.20. The van der Waals surface area contributed by atoms with Gasteiger partial charge in [0.15, 0.2) is 0 Å². The first kappa shape index (κ1) is 13.6. The molecule has 0 aromatic heterocycles. The number of alkyl halides is 1. The summed E-state index contributed by atoms with van der Waals surface area (Å²) in [6.45, 7) is 2.52. The van der Waals surface area contributed by atoms with Crippen molar-refractivity contribution in [2.24, 2.45) is 0 Å². The minimum absolute atomic E-state index is 0.0157. The van der Waals surface area contributed by atoms with E-state index in [2.05, 4.69) is 15.9 Å². The summed E-state index contributed by atoms with van der Waals surface area (Å²) in [5.74, 6) is -0.147. The molecule has 0 bridgehead atoms. The number of hydrogen-bond acceptors (Lipinski definition) is 3. The lowest BCUT2D eigenvalue weighted by molar-refractivity contribution is -0.384. The quantitative estimate of drug-likeness (QED) is 0.487. The molecular formula is C11H13BrN2O3. The van der Waals surface area contributed by atoms with Crippen molar-refractivity contribution in [2.75, 3.05) is 13.6 Å². The molecule has 1 amide bonds. The van der Waals surface area contributed by atoms with Crippen molar-refractivity contribution in [3.63, 3.8) is 0 Å². The molecule has 1 rings (SSSR count). The highest BCUT2D eigenvalue weighted by molar-refractivity contribution is 9.09. The van der Waals surface area contributed by atoms with Crippen molar-refractivity contribution in [3.8, 4) is 0 Å². The van der Waals surface area contributed by atoms with Gasteiger partial charge in [-0.15, -0.1) is 0 Å². The molecule has 0 heterocycles. The van der Waals surface area contributed by atoms with Crippen LogP contribution >= 0.6 is 15.9 Å². The zero-order valence-corrected chi connectivity index (χ0v) is 11.2. The Labute approximate surface area is 108 Å². The lowest BCUT2D eigenvalue weighted by Gasteiger charge is -2.18. The first-order valence-corrected chi connectivity index (χ1v) is 5.97. The van der Waals surface area contributed by atoms with Crippen LogP contribution in [0.25, 0.3) is 0 Å². The van der Waals surface area contributed by atoms with E-state index in [0.29, 0.717) is 12.1 Å². The number of halogens is 1. The van der Waals surface area contributed by atoms with Gasteiger partial charge in [0, 0.05) is 36.1 Å². The molecule has 1 aromatic rings. The number of benzene rings is 1. The highest BCUT2D eigenvalue weighted by Crippen LogP contribution is 2.13. The maximum Gasteiger partial charge on any atom is 0.269 e. The predicted octanol–water partition coefficient (Wildman–Crippen LogP) is 2.45. The standard InChI is InChI=1S/C11H13BrN2O3/c1-8(12)7-13(2)11(15)9-3-5-10(6-4-9)14(16)17/h3-6,8H,7H2,1-2H3. The summed E-state index contributed by atoms with van der Waals surface area (Å²) in [6.07, 6.45) is 0. The fraction of sp³-hybridized carbons (Fsp3) is 0.364. The second-order valence-electron chi connectivity index (χ2n) is 3.77. The van der Waals surface area contributed by atoms with Crippen LogP contribution in [0.2, 0.25) is 0 Å². The number of nitro benzene ring substituents is 1. The summed E-state index contributed by atoms with van der Waals surface area (Å²) in [5.41, 5.74) is 0.435. The third kappa shape index (κ3) is 3.81. The molecule has 5 nitrogen and oxygen atoms in total. The number of carbonyl (C=O) groups excluding carboxylic acids is 1. The van der Waals surface area contributed by atoms with Crippen LogP contribution in [-0.4, -0.2) is 34.2 Å². The van der Waals surface area contributed by atoms with Gasteiger partial charge in [0.25, 0.3) is 11.6 Å². The topological polar surface area (TPSA) is 63.5 Å². The maximum atomic E-state index is 11.9. The molecule has 0 saturated heterocycles. The van der Waals surface area contributed by atoms with E-state index in [1.54, 1.807) is 11.9 Å². The zero-order valence-electron chi connectivity index (χ0n) is 9.59. The van der Waals surface area contributed by atoms with Gasteiger partial charge in [0.2, 0.25) is 0 Å². The molecule has 92 valence electrons. The summed E-state index contributed by atoms with van der Waals surface area (Å²) < 4.78 is 0. The summed E-state index contributed by atoms with van der Waals surface area (Å²) in [7, 11) is 1.70. The molecule has 0 aliphatic rings. The van der Waals surface area contributed by atoms with Gasteiger partial charge in [-0.3, -0.25) is 14.9 Å². The van der Waals surface area contributed by atoms with Crippen molar-refractivity contribution in [1.29, 1.82) is 0 Å². The van der Waals surface area contributed by atoms with E-state index in [9.17, 15) is 14.9 Å². The normalized spacial score (nSPS) is 11.9. The van der Waals surface area contributed by atoms with Gasteiger partial charge >= 0.3 is 0 Å². The van der Waals surface area contributed by atoms with Gasteiger partial charge in [-0.2, -0.15) is 0 Å². The Morgan fingerprint density at radius 1 is 1.47 bits per heavy atom. The van der Waals surface area contributed by atoms with Crippen LogP contribution in [0, 0.1) is 10.1 Å². The van der Waals surface area contributed by atoms with Crippen LogP contribution < -0.4 is 0 Å². The van der Waals surface area contributed by atoms with Crippen LogP contribution in [-0.2, 0) is 0 Å². The molecule has 17 heavy (non-hydrogen) atoms. The second kappa shape index (κ2) is 5.77. The summed E-state index contributed by atoms with van der Waals surface area (Å²) >= 11 is 3.36. The van der Waals surface area contributed by atoms with Crippen molar-refractivity contribution >= 4 is 27.5 Å². The van der Waals surface area contributed by atoms with Gasteiger partial charge in [-0.25, -0.2) is 0 Å². The van der Waals surface area contributed by atoms with E-state index in [1.807, 2.05) is 6.92 Å².